The van der Waals surface area contributed by atoms with Gasteiger partial charge in [0.1, 0.15) is 0 Å². The summed E-state index contributed by atoms with van der Waals surface area (Å²) >= 11 is 0. The van der Waals surface area contributed by atoms with Crippen molar-refractivity contribution in [2.24, 2.45) is 11.8 Å². The minimum Gasteiger partial charge on any atom is -0.339 e. The number of hydrogen-bond donors (Lipinski definition) is 0. The summed E-state index contributed by atoms with van der Waals surface area (Å²) in [6.45, 7) is 0. The van der Waals surface area contributed by atoms with Gasteiger partial charge in [0.15, 0.2) is 0 Å². The number of fused-ring (bicyclic) bond motifs is 2. The Morgan fingerprint density at radius 1 is 0.905 bits per heavy atom. The van der Waals surface area contributed by atoms with Gasteiger partial charge < -0.3 is 4.52 Å². The van der Waals surface area contributed by atoms with E-state index >= 15 is 0 Å². The molecule has 1 fully saturated rings. The van der Waals surface area contributed by atoms with Crippen molar-refractivity contribution in [3.05, 3.63) is 12.2 Å². The van der Waals surface area contributed by atoms with Gasteiger partial charge in [-0.15, -0.1) is 0 Å². The van der Waals surface area contributed by atoms with Crippen LogP contribution in [0, 0.1) is 11.8 Å². The number of hydrogen-bond acceptors (Lipinski definition) is 1. The number of allylic oxidation sites excluding steroid dienone is 2. The first-order valence-electron chi connectivity index (χ1n) is 5.53. The topological polar surface area (TPSA) is 9.23 Å². The van der Waals surface area contributed by atoms with E-state index in [1.165, 1.54) is 0 Å². The van der Waals surface area contributed by atoms with Crippen molar-refractivity contribution in [1.29, 1.82) is 0 Å². The number of alkyl halides is 9. The monoisotopic (exact) mass is 346 g/mol. The van der Waals surface area contributed by atoms with Gasteiger partial charge in [0.2, 0.25) is 5.67 Å². The molecule has 0 N–H and O–H groups in total. The molecule has 0 aromatic heterocycles. The van der Waals surface area contributed by atoms with Crippen molar-refractivity contribution < 1.29 is 44.0 Å². The second-order valence-electron chi connectivity index (χ2n) is 4.96. The Labute approximate surface area is 114 Å². The minimum atomic E-state index is -6.43. The summed E-state index contributed by atoms with van der Waals surface area (Å²) in [4.78, 5) is 0. The normalized spacial score (nSPS) is 35.5. The molecule has 0 aromatic carbocycles. The summed E-state index contributed by atoms with van der Waals surface area (Å²) in [6, 6.07) is 0. The van der Waals surface area contributed by atoms with Crippen LogP contribution in [0.5, 0.6) is 0 Å². The third-order valence-corrected chi connectivity index (χ3v) is 4.39. The summed E-state index contributed by atoms with van der Waals surface area (Å²) in [5.41, 5.74) is -10.6. The molecule has 122 valence electrons. The Bertz CT molecular complexity index is 454. The third kappa shape index (κ3) is 1.69. The standard InChI is InChI=1S/C10H8F9OP/c11-6(4-1-2-5(3-4)7(6,12)13)8(20-21,9(14,15)16)10(17,18)19/h1-2,4-5H,3,21H2. The third-order valence-electron chi connectivity index (χ3n) is 4.03. The highest BCUT2D eigenvalue weighted by Crippen LogP contribution is 2.69. The Balaban J connectivity index is 2.76. The van der Waals surface area contributed by atoms with Crippen molar-refractivity contribution in [2.75, 3.05) is 0 Å². The molecule has 2 aliphatic carbocycles. The van der Waals surface area contributed by atoms with Crippen LogP contribution in [0.1, 0.15) is 6.42 Å². The minimum absolute atomic E-state index is 0.609. The quantitative estimate of drug-likeness (QED) is 0.414. The van der Waals surface area contributed by atoms with Gasteiger partial charge in [0.05, 0.1) is 0 Å². The molecule has 0 saturated heterocycles. The molecule has 2 rings (SSSR count). The van der Waals surface area contributed by atoms with Gasteiger partial charge in [-0.1, -0.05) is 12.2 Å². The van der Waals surface area contributed by atoms with Gasteiger partial charge in [-0.2, -0.15) is 26.3 Å². The lowest BCUT2D eigenvalue weighted by molar-refractivity contribution is -0.414. The molecule has 11 heteroatoms. The van der Waals surface area contributed by atoms with Crippen LogP contribution < -0.4 is 0 Å². The molecule has 2 bridgehead atoms. The molecule has 21 heavy (non-hydrogen) atoms. The first kappa shape index (κ1) is 16.9. The van der Waals surface area contributed by atoms with E-state index in [0.29, 0.717) is 15.5 Å². The predicted molar refractivity (Wildman–Crippen MR) is 55.2 cm³/mol. The molecular formula is C10H8F9OP. The largest absolute Gasteiger partial charge is 0.430 e. The Hall–Kier alpha value is -0.500. The molecule has 4 atom stereocenters. The Morgan fingerprint density at radius 2 is 1.33 bits per heavy atom. The summed E-state index contributed by atoms with van der Waals surface area (Å²) < 4.78 is 124. The van der Waals surface area contributed by atoms with Crippen LogP contribution in [0.4, 0.5) is 39.5 Å². The van der Waals surface area contributed by atoms with Crippen LogP contribution in [0.2, 0.25) is 0 Å². The van der Waals surface area contributed by atoms with Crippen LogP contribution in [0.3, 0.4) is 0 Å². The predicted octanol–water partition coefficient (Wildman–Crippen LogP) is 4.21. The molecule has 1 nitrogen and oxygen atoms in total. The molecule has 0 heterocycles. The summed E-state index contributed by atoms with van der Waals surface area (Å²) in [7, 11) is 0.614. The van der Waals surface area contributed by atoms with E-state index in [1.807, 2.05) is 0 Å². The maximum absolute atomic E-state index is 14.7. The average molecular weight is 346 g/mol. The second-order valence-corrected chi connectivity index (χ2v) is 5.20. The molecule has 1 saturated carbocycles. The lowest BCUT2D eigenvalue weighted by Gasteiger charge is -2.48. The molecule has 0 radical (unpaired) electrons. The van der Waals surface area contributed by atoms with Crippen LogP contribution in [0.15, 0.2) is 12.2 Å². The fraction of sp³-hybridized carbons (Fsp3) is 0.800. The first-order chi connectivity index (χ1) is 9.27. The van der Waals surface area contributed by atoms with E-state index in [4.69, 9.17) is 0 Å². The Morgan fingerprint density at radius 3 is 1.62 bits per heavy atom. The SMILES string of the molecule is FC(F)(F)C(OP)(C(F)(F)F)C1(F)C2C=CC(C2)C1(F)F. The molecule has 0 aromatic rings. The molecule has 0 amide bonds. The highest BCUT2D eigenvalue weighted by atomic mass is 31.0. The summed E-state index contributed by atoms with van der Waals surface area (Å²) in [6.07, 6.45) is -12.4. The lowest BCUT2D eigenvalue weighted by Crippen LogP contribution is -2.75. The van der Waals surface area contributed by atoms with E-state index in [2.05, 4.69) is 4.52 Å². The summed E-state index contributed by atoms with van der Waals surface area (Å²) in [5, 5.41) is 0. The fourth-order valence-corrected chi connectivity index (χ4v) is 3.51. The Kier molecular flexibility index (Phi) is 3.43. The van der Waals surface area contributed by atoms with Gasteiger partial charge >= 0.3 is 18.0 Å². The van der Waals surface area contributed by atoms with E-state index in [-0.39, 0.29) is 0 Å². The first-order valence-corrected chi connectivity index (χ1v) is 6.01. The molecule has 2 aliphatic rings. The van der Waals surface area contributed by atoms with E-state index < -0.39 is 47.8 Å². The fourth-order valence-electron chi connectivity index (χ4n) is 3.07. The van der Waals surface area contributed by atoms with Crippen LogP contribution in [-0.2, 0) is 4.52 Å². The van der Waals surface area contributed by atoms with Gasteiger partial charge in [0.25, 0.3) is 5.92 Å². The van der Waals surface area contributed by atoms with E-state index in [9.17, 15) is 39.5 Å². The van der Waals surface area contributed by atoms with Crippen LogP contribution in [0.25, 0.3) is 0 Å². The molecule has 0 spiro atoms. The van der Waals surface area contributed by atoms with Gasteiger partial charge in [0, 0.05) is 21.3 Å². The van der Waals surface area contributed by atoms with Gasteiger partial charge in [-0.25, -0.2) is 13.2 Å². The zero-order valence-corrected chi connectivity index (χ0v) is 11.1. The van der Waals surface area contributed by atoms with Crippen molar-refractivity contribution in [1.82, 2.24) is 0 Å². The average Bonchev–Trinajstić information content (AvgIpc) is 2.80. The zero-order valence-electron chi connectivity index (χ0n) is 9.90. The number of halogens is 9. The zero-order chi connectivity index (χ0) is 16.5. The van der Waals surface area contributed by atoms with Gasteiger partial charge in [-0.3, -0.25) is 0 Å². The second kappa shape index (κ2) is 4.28. The van der Waals surface area contributed by atoms with Crippen molar-refractivity contribution >= 4 is 9.47 Å². The maximum Gasteiger partial charge on any atom is 0.430 e. The molecular weight excluding hydrogens is 338 g/mol. The number of rotatable bonds is 2. The highest BCUT2D eigenvalue weighted by molar-refractivity contribution is 7.09. The van der Waals surface area contributed by atoms with Gasteiger partial charge in [-0.05, 0) is 6.42 Å². The van der Waals surface area contributed by atoms with Crippen molar-refractivity contribution in [3.63, 3.8) is 0 Å². The van der Waals surface area contributed by atoms with Crippen LogP contribution >= 0.6 is 9.47 Å². The highest BCUT2D eigenvalue weighted by Gasteiger charge is 2.92. The molecule has 0 aliphatic heterocycles. The summed E-state index contributed by atoms with van der Waals surface area (Å²) in [5.74, 6) is -9.15. The van der Waals surface area contributed by atoms with Crippen molar-refractivity contribution in [2.45, 2.75) is 36.0 Å². The smallest absolute Gasteiger partial charge is 0.339 e. The van der Waals surface area contributed by atoms with E-state index in [1.54, 1.807) is 0 Å². The van der Waals surface area contributed by atoms with Crippen LogP contribution in [-0.4, -0.2) is 29.5 Å². The molecule has 4 unspecified atom stereocenters. The lowest BCUT2D eigenvalue weighted by atomic mass is 9.72. The van der Waals surface area contributed by atoms with E-state index in [0.717, 1.165) is 6.08 Å². The van der Waals surface area contributed by atoms with Crippen molar-refractivity contribution in [3.8, 4) is 0 Å². The maximum atomic E-state index is 14.7.